The molecular formula is C16H16ClNO3. The number of aliphatic carboxylic acids is 1. The van der Waals surface area contributed by atoms with E-state index in [0.717, 1.165) is 24.1 Å². The summed E-state index contributed by atoms with van der Waals surface area (Å²) >= 11 is 5.87. The largest absolute Gasteiger partial charge is 0.481 e. The van der Waals surface area contributed by atoms with Gasteiger partial charge in [0.15, 0.2) is 5.89 Å². The first-order valence-corrected chi connectivity index (χ1v) is 7.45. The van der Waals surface area contributed by atoms with E-state index in [2.05, 4.69) is 4.98 Å². The van der Waals surface area contributed by atoms with Crippen LogP contribution in [0.15, 0.2) is 34.9 Å². The summed E-state index contributed by atoms with van der Waals surface area (Å²) in [5, 5.41) is 9.71. The molecule has 0 aliphatic heterocycles. The van der Waals surface area contributed by atoms with Gasteiger partial charge in [-0.1, -0.05) is 23.7 Å². The fraction of sp³-hybridized carbons (Fsp3) is 0.375. The minimum absolute atomic E-state index is 0.216. The molecule has 3 rings (SSSR count). The van der Waals surface area contributed by atoms with E-state index in [1.54, 1.807) is 6.26 Å². The molecule has 1 heterocycles. The number of hydrogen-bond donors (Lipinski definition) is 1. The van der Waals surface area contributed by atoms with Crippen LogP contribution in [0.2, 0.25) is 5.02 Å². The molecule has 0 radical (unpaired) electrons. The predicted octanol–water partition coefficient (Wildman–Crippen LogP) is 4.35. The summed E-state index contributed by atoms with van der Waals surface area (Å²) in [7, 11) is 0. The Balaban J connectivity index is 1.71. The standard InChI is InChI=1S/C16H16ClNO3/c17-13-7-5-10(6-8-13)14-9-21-15(18-14)11-1-3-12(4-2-11)16(19)20/h5-9,11-12H,1-4H2,(H,19,20). The second kappa shape index (κ2) is 5.90. The topological polar surface area (TPSA) is 63.3 Å². The van der Waals surface area contributed by atoms with Crippen LogP contribution in [0.25, 0.3) is 11.3 Å². The number of oxazole rings is 1. The van der Waals surface area contributed by atoms with E-state index >= 15 is 0 Å². The number of benzene rings is 1. The van der Waals surface area contributed by atoms with Gasteiger partial charge in [-0.25, -0.2) is 4.98 Å². The lowest BCUT2D eigenvalue weighted by atomic mass is 9.82. The number of carbonyl (C=O) groups is 1. The Kier molecular flexibility index (Phi) is 3.97. The van der Waals surface area contributed by atoms with Crippen LogP contribution in [0.4, 0.5) is 0 Å². The highest BCUT2D eigenvalue weighted by Crippen LogP contribution is 2.36. The van der Waals surface area contributed by atoms with Gasteiger partial charge in [0, 0.05) is 16.5 Å². The molecule has 0 unspecified atom stereocenters. The van der Waals surface area contributed by atoms with Crippen molar-refractivity contribution in [3.8, 4) is 11.3 Å². The van der Waals surface area contributed by atoms with Crippen molar-refractivity contribution in [2.45, 2.75) is 31.6 Å². The minimum atomic E-state index is -0.692. The lowest BCUT2D eigenvalue weighted by molar-refractivity contribution is -0.142. The molecule has 21 heavy (non-hydrogen) atoms. The van der Waals surface area contributed by atoms with E-state index in [-0.39, 0.29) is 11.8 Å². The lowest BCUT2D eigenvalue weighted by Gasteiger charge is -2.23. The summed E-state index contributed by atoms with van der Waals surface area (Å²) in [4.78, 5) is 15.5. The van der Waals surface area contributed by atoms with E-state index in [1.165, 1.54) is 0 Å². The lowest BCUT2D eigenvalue weighted by Crippen LogP contribution is -2.20. The molecule has 1 aromatic carbocycles. The smallest absolute Gasteiger partial charge is 0.306 e. The zero-order valence-corrected chi connectivity index (χ0v) is 12.2. The van der Waals surface area contributed by atoms with Crippen LogP contribution in [0.1, 0.15) is 37.5 Å². The van der Waals surface area contributed by atoms with Gasteiger partial charge in [-0.3, -0.25) is 4.79 Å². The molecule has 0 saturated heterocycles. The van der Waals surface area contributed by atoms with Gasteiger partial charge in [0.2, 0.25) is 0 Å². The molecular weight excluding hydrogens is 290 g/mol. The average molecular weight is 306 g/mol. The molecule has 110 valence electrons. The maximum Gasteiger partial charge on any atom is 0.306 e. The summed E-state index contributed by atoms with van der Waals surface area (Å²) < 4.78 is 5.59. The summed E-state index contributed by atoms with van der Waals surface area (Å²) in [6.45, 7) is 0. The highest BCUT2D eigenvalue weighted by atomic mass is 35.5. The van der Waals surface area contributed by atoms with Gasteiger partial charge in [0.1, 0.15) is 12.0 Å². The first-order chi connectivity index (χ1) is 10.1. The second-order valence-electron chi connectivity index (χ2n) is 5.46. The molecule has 1 fully saturated rings. The molecule has 0 amide bonds. The number of rotatable bonds is 3. The molecule has 0 bridgehead atoms. The van der Waals surface area contributed by atoms with Gasteiger partial charge in [0.05, 0.1) is 5.92 Å². The Labute approximate surface area is 127 Å². The maximum atomic E-state index is 11.0. The highest BCUT2D eigenvalue weighted by Gasteiger charge is 2.29. The molecule has 4 nitrogen and oxygen atoms in total. The molecule has 0 atom stereocenters. The second-order valence-corrected chi connectivity index (χ2v) is 5.90. The Morgan fingerprint density at radius 2 is 1.86 bits per heavy atom. The number of halogens is 1. The van der Waals surface area contributed by atoms with Crippen molar-refractivity contribution in [1.82, 2.24) is 4.98 Å². The maximum absolute atomic E-state index is 11.0. The number of aromatic nitrogens is 1. The van der Waals surface area contributed by atoms with Crippen molar-refractivity contribution >= 4 is 17.6 Å². The zero-order chi connectivity index (χ0) is 14.8. The SMILES string of the molecule is O=C(O)C1CCC(c2nc(-c3ccc(Cl)cc3)co2)CC1. The van der Waals surface area contributed by atoms with Crippen LogP contribution in [0.5, 0.6) is 0 Å². The van der Waals surface area contributed by atoms with Crippen LogP contribution >= 0.6 is 11.6 Å². The van der Waals surface area contributed by atoms with Crippen LogP contribution in [-0.2, 0) is 4.79 Å². The summed E-state index contributed by atoms with van der Waals surface area (Å²) in [5.74, 6) is 0.0279. The van der Waals surface area contributed by atoms with Crippen molar-refractivity contribution in [2.75, 3.05) is 0 Å². The monoisotopic (exact) mass is 305 g/mol. The van der Waals surface area contributed by atoms with Gasteiger partial charge in [-0.05, 0) is 37.8 Å². The van der Waals surface area contributed by atoms with Crippen LogP contribution in [0, 0.1) is 5.92 Å². The molecule has 0 spiro atoms. The first-order valence-electron chi connectivity index (χ1n) is 7.07. The molecule has 1 aliphatic rings. The quantitative estimate of drug-likeness (QED) is 0.915. The Morgan fingerprint density at radius 1 is 1.19 bits per heavy atom. The number of carboxylic acid groups (broad SMARTS) is 1. The number of nitrogens with zero attached hydrogens (tertiary/aromatic N) is 1. The summed E-state index contributed by atoms with van der Waals surface area (Å²) in [6.07, 6.45) is 4.67. The van der Waals surface area contributed by atoms with Crippen molar-refractivity contribution in [3.63, 3.8) is 0 Å². The van der Waals surface area contributed by atoms with Gasteiger partial charge in [-0.15, -0.1) is 0 Å². The van der Waals surface area contributed by atoms with Crippen LogP contribution in [0.3, 0.4) is 0 Å². The number of hydrogen-bond acceptors (Lipinski definition) is 3. The van der Waals surface area contributed by atoms with Crippen molar-refractivity contribution < 1.29 is 14.3 Å². The number of carboxylic acids is 1. The summed E-state index contributed by atoms with van der Waals surface area (Å²) in [5.41, 5.74) is 1.76. The van der Waals surface area contributed by atoms with E-state index < -0.39 is 5.97 Å². The fourth-order valence-electron chi connectivity index (χ4n) is 2.82. The zero-order valence-electron chi connectivity index (χ0n) is 11.5. The molecule has 2 aromatic rings. The Hall–Kier alpha value is -1.81. The van der Waals surface area contributed by atoms with Crippen molar-refractivity contribution in [1.29, 1.82) is 0 Å². The van der Waals surface area contributed by atoms with E-state index in [1.807, 2.05) is 24.3 Å². The van der Waals surface area contributed by atoms with E-state index in [4.69, 9.17) is 21.1 Å². The molecule has 1 N–H and O–H groups in total. The van der Waals surface area contributed by atoms with E-state index in [9.17, 15) is 4.79 Å². The van der Waals surface area contributed by atoms with Gasteiger partial charge < -0.3 is 9.52 Å². The Bertz CT molecular complexity index is 627. The normalized spacial score (nSPS) is 22.1. The van der Waals surface area contributed by atoms with Crippen LogP contribution in [-0.4, -0.2) is 16.1 Å². The Morgan fingerprint density at radius 3 is 2.48 bits per heavy atom. The predicted molar refractivity (Wildman–Crippen MR) is 79.3 cm³/mol. The molecule has 1 aliphatic carbocycles. The average Bonchev–Trinajstić information content (AvgIpc) is 2.98. The molecule has 1 aromatic heterocycles. The fourth-order valence-corrected chi connectivity index (χ4v) is 2.94. The molecule has 5 heteroatoms. The van der Waals surface area contributed by atoms with Gasteiger partial charge in [0.25, 0.3) is 0 Å². The first kappa shape index (κ1) is 14.1. The third-order valence-electron chi connectivity index (χ3n) is 4.09. The third kappa shape index (κ3) is 3.10. The highest BCUT2D eigenvalue weighted by molar-refractivity contribution is 6.30. The van der Waals surface area contributed by atoms with Crippen LogP contribution < -0.4 is 0 Å². The van der Waals surface area contributed by atoms with Gasteiger partial charge >= 0.3 is 5.97 Å². The van der Waals surface area contributed by atoms with Crippen molar-refractivity contribution in [2.24, 2.45) is 5.92 Å². The van der Waals surface area contributed by atoms with E-state index in [0.29, 0.717) is 23.8 Å². The summed E-state index contributed by atoms with van der Waals surface area (Å²) in [6, 6.07) is 7.46. The third-order valence-corrected chi connectivity index (χ3v) is 4.34. The minimum Gasteiger partial charge on any atom is -0.481 e. The molecule has 1 saturated carbocycles. The van der Waals surface area contributed by atoms with Gasteiger partial charge in [-0.2, -0.15) is 0 Å². The van der Waals surface area contributed by atoms with Crippen molar-refractivity contribution in [3.05, 3.63) is 41.4 Å².